The third-order valence-electron chi connectivity index (χ3n) is 5.38. The molecule has 0 aliphatic carbocycles. The van der Waals surface area contributed by atoms with Crippen molar-refractivity contribution in [2.24, 2.45) is 5.73 Å². The van der Waals surface area contributed by atoms with Gasteiger partial charge in [0, 0.05) is 18.8 Å². The molecule has 2 aromatic rings. The Morgan fingerprint density at radius 1 is 1.12 bits per heavy atom. The van der Waals surface area contributed by atoms with Gasteiger partial charge >= 0.3 is 6.36 Å². The van der Waals surface area contributed by atoms with Crippen LogP contribution >= 0.6 is 0 Å². The van der Waals surface area contributed by atoms with E-state index in [0.29, 0.717) is 5.69 Å². The molecular formula is C21H24F3N3O4S. The summed E-state index contributed by atoms with van der Waals surface area (Å²) in [6.45, 7) is 1.76. The second-order valence-corrected chi connectivity index (χ2v) is 9.47. The highest BCUT2D eigenvalue weighted by atomic mass is 32.2. The molecule has 1 aliphatic heterocycles. The van der Waals surface area contributed by atoms with Gasteiger partial charge in [0.1, 0.15) is 10.6 Å². The van der Waals surface area contributed by atoms with Gasteiger partial charge in [0.05, 0.1) is 5.54 Å². The normalized spacial score (nSPS) is 17.0. The lowest BCUT2D eigenvalue weighted by Crippen LogP contribution is -2.58. The number of hydrogen-bond acceptors (Lipinski definition) is 5. The zero-order valence-corrected chi connectivity index (χ0v) is 18.2. The first-order valence-electron chi connectivity index (χ1n) is 9.99. The number of alkyl halides is 3. The molecule has 174 valence electrons. The van der Waals surface area contributed by atoms with E-state index in [1.807, 2.05) is 19.1 Å². The third kappa shape index (κ3) is 5.40. The molecule has 0 unspecified atom stereocenters. The number of piperidine rings is 1. The molecule has 3 N–H and O–H groups in total. The Labute approximate surface area is 184 Å². The maximum atomic E-state index is 13.0. The highest BCUT2D eigenvalue weighted by molar-refractivity contribution is 7.89. The average Bonchev–Trinajstić information content (AvgIpc) is 2.73. The Morgan fingerprint density at radius 3 is 2.28 bits per heavy atom. The van der Waals surface area contributed by atoms with Crippen molar-refractivity contribution in [2.45, 2.75) is 43.0 Å². The van der Waals surface area contributed by atoms with Crippen LogP contribution in [0.2, 0.25) is 0 Å². The lowest BCUT2D eigenvalue weighted by Gasteiger charge is -2.37. The minimum atomic E-state index is -5.03. The molecule has 3 rings (SSSR count). The molecule has 0 bridgehead atoms. The van der Waals surface area contributed by atoms with Crippen molar-refractivity contribution in [3.63, 3.8) is 0 Å². The molecular weight excluding hydrogens is 447 g/mol. The SMILES string of the molecule is CCc1ccc(NC(=O)C2(N)CCN(S(=O)(=O)c3ccccc3OC(F)(F)F)CC2)cc1. The number of aryl methyl sites for hydroxylation is 1. The van der Waals surface area contributed by atoms with Crippen LogP contribution in [0.25, 0.3) is 0 Å². The van der Waals surface area contributed by atoms with E-state index in [9.17, 15) is 26.4 Å². The molecule has 0 radical (unpaired) electrons. The van der Waals surface area contributed by atoms with Crippen LogP contribution in [0.1, 0.15) is 25.3 Å². The number of carbonyl (C=O) groups is 1. The fourth-order valence-corrected chi connectivity index (χ4v) is 5.00. The predicted octanol–water partition coefficient (Wildman–Crippen LogP) is 3.27. The van der Waals surface area contributed by atoms with Crippen molar-refractivity contribution < 1.29 is 31.1 Å². The Hall–Kier alpha value is -2.63. The van der Waals surface area contributed by atoms with Crippen molar-refractivity contribution in [2.75, 3.05) is 18.4 Å². The number of nitrogens with two attached hydrogens (primary N) is 1. The summed E-state index contributed by atoms with van der Waals surface area (Å²) in [6, 6.07) is 11.8. The van der Waals surface area contributed by atoms with Crippen molar-refractivity contribution in [1.82, 2.24) is 4.31 Å². The number of ether oxygens (including phenoxy) is 1. The van der Waals surface area contributed by atoms with E-state index in [2.05, 4.69) is 10.1 Å². The minimum Gasteiger partial charge on any atom is -0.404 e. The van der Waals surface area contributed by atoms with E-state index in [1.165, 1.54) is 12.1 Å². The molecule has 0 aromatic heterocycles. The van der Waals surface area contributed by atoms with E-state index in [0.717, 1.165) is 28.4 Å². The summed E-state index contributed by atoms with van der Waals surface area (Å²) >= 11 is 0. The molecule has 0 saturated carbocycles. The van der Waals surface area contributed by atoms with Gasteiger partial charge in [0.2, 0.25) is 15.9 Å². The molecule has 1 aliphatic rings. The number of carbonyl (C=O) groups excluding carboxylic acids is 1. The number of benzene rings is 2. The van der Waals surface area contributed by atoms with E-state index in [-0.39, 0.29) is 25.9 Å². The van der Waals surface area contributed by atoms with Gasteiger partial charge in [0.15, 0.2) is 0 Å². The lowest BCUT2D eigenvalue weighted by atomic mass is 9.88. The highest BCUT2D eigenvalue weighted by Crippen LogP contribution is 2.33. The fraction of sp³-hybridized carbons (Fsp3) is 0.381. The van der Waals surface area contributed by atoms with Gasteiger partial charge in [-0.2, -0.15) is 4.31 Å². The van der Waals surface area contributed by atoms with Crippen LogP contribution < -0.4 is 15.8 Å². The first kappa shape index (κ1) is 24.0. The minimum absolute atomic E-state index is 0.00734. The summed E-state index contributed by atoms with van der Waals surface area (Å²) in [5.74, 6) is -1.25. The maximum absolute atomic E-state index is 13.0. The number of halogens is 3. The van der Waals surface area contributed by atoms with Gasteiger partial charge in [-0.15, -0.1) is 13.2 Å². The zero-order chi connectivity index (χ0) is 23.6. The molecule has 0 spiro atoms. The zero-order valence-electron chi connectivity index (χ0n) is 17.4. The number of nitrogens with one attached hydrogen (secondary N) is 1. The van der Waals surface area contributed by atoms with Crippen LogP contribution in [-0.4, -0.2) is 43.6 Å². The van der Waals surface area contributed by atoms with Crippen LogP contribution in [-0.2, 0) is 21.2 Å². The molecule has 1 fully saturated rings. The largest absolute Gasteiger partial charge is 0.573 e. The Kier molecular flexibility index (Phi) is 6.82. The average molecular weight is 472 g/mol. The Bertz CT molecular complexity index is 1060. The number of para-hydroxylation sites is 1. The number of anilines is 1. The standard InChI is InChI=1S/C21H24F3N3O4S/c1-2-15-7-9-16(10-8-15)26-19(28)20(25)11-13-27(14-12-20)32(29,30)18-6-4-3-5-17(18)31-21(22,23)24/h3-10H,2,11-14,25H2,1H3,(H,26,28). The summed E-state index contributed by atoms with van der Waals surface area (Å²) in [7, 11) is -4.29. The van der Waals surface area contributed by atoms with Crippen molar-refractivity contribution >= 4 is 21.6 Å². The van der Waals surface area contributed by atoms with Crippen molar-refractivity contribution in [1.29, 1.82) is 0 Å². The number of amides is 1. The van der Waals surface area contributed by atoms with Gasteiger partial charge in [-0.1, -0.05) is 31.2 Å². The summed E-state index contributed by atoms with van der Waals surface area (Å²) in [5.41, 5.74) is 6.63. The number of nitrogens with zero attached hydrogens (tertiary/aromatic N) is 1. The van der Waals surface area contributed by atoms with Crippen LogP contribution in [0.4, 0.5) is 18.9 Å². The molecule has 11 heteroatoms. The van der Waals surface area contributed by atoms with E-state index >= 15 is 0 Å². The second-order valence-electron chi connectivity index (χ2n) is 7.56. The molecule has 32 heavy (non-hydrogen) atoms. The molecule has 0 atom stereocenters. The second kappa shape index (κ2) is 9.08. The number of sulfonamides is 1. The van der Waals surface area contributed by atoms with Gasteiger partial charge < -0.3 is 15.8 Å². The first-order chi connectivity index (χ1) is 14.9. The van der Waals surface area contributed by atoms with Crippen LogP contribution in [0.15, 0.2) is 53.4 Å². The molecule has 1 heterocycles. The van der Waals surface area contributed by atoms with Crippen LogP contribution in [0, 0.1) is 0 Å². The van der Waals surface area contributed by atoms with Gasteiger partial charge in [-0.3, -0.25) is 4.79 Å². The summed E-state index contributed by atoms with van der Waals surface area (Å²) < 4.78 is 68.8. The van der Waals surface area contributed by atoms with Crippen LogP contribution in [0.5, 0.6) is 5.75 Å². The van der Waals surface area contributed by atoms with Crippen LogP contribution in [0.3, 0.4) is 0 Å². The Morgan fingerprint density at radius 2 is 1.72 bits per heavy atom. The summed E-state index contributed by atoms with van der Waals surface area (Å²) in [5, 5.41) is 2.75. The van der Waals surface area contributed by atoms with E-state index < -0.39 is 38.5 Å². The molecule has 7 nitrogen and oxygen atoms in total. The van der Waals surface area contributed by atoms with E-state index in [1.54, 1.807) is 12.1 Å². The predicted molar refractivity (Wildman–Crippen MR) is 112 cm³/mol. The smallest absolute Gasteiger partial charge is 0.404 e. The lowest BCUT2D eigenvalue weighted by molar-refractivity contribution is -0.275. The van der Waals surface area contributed by atoms with Gasteiger partial charge in [-0.25, -0.2) is 8.42 Å². The Balaban J connectivity index is 1.71. The molecule has 1 amide bonds. The topological polar surface area (TPSA) is 102 Å². The van der Waals surface area contributed by atoms with E-state index in [4.69, 9.17) is 5.73 Å². The molecule has 1 saturated heterocycles. The number of hydrogen-bond donors (Lipinski definition) is 2. The van der Waals surface area contributed by atoms with Gasteiger partial charge in [0.25, 0.3) is 0 Å². The van der Waals surface area contributed by atoms with Gasteiger partial charge in [-0.05, 0) is 49.1 Å². The fourth-order valence-electron chi connectivity index (χ4n) is 3.44. The first-order valence-corrected chi connectivity index (χ1v) is 11.4. The summed E-state index contributed by atoms with van der Waals surface area (Å²) in [4.78, 5) is 12.1. The maximum Gasteiger partial charge on any atom is 0.573 e. The van der Waals surface area contributed by atoms with Crippen molar-refractivity contribution in [3.8, 4) is 5.75 Å². The summed E-state index contributed by atoms with van der Waals surface area (Å²) in [6.07, 6.45) is -4.16. The third-order valence-corrected chi connectivity index (χ3v) is 7.32. The van der Waals surface area contributed by atoms with Crippen molar-refractivity contribution in [3.05, 3.63) is 54.1 Å². The quantitative estimate of drug-likeness (QED) is 0.673. The monoisotopic (exact) mass is 471 g/mol. The number of rotatable bonds is 6. The molecule has 2 aromatic carbocycles. The highest BCUT2D eigenvalue weighted by Gasteiger charge is 2.42.